The average Bonchev–Trinajstić information content (AvgIpc) is 2.92. The molecule has 0 saturated carbocycles. The van der Waals surface area contributed by atoms with Crippen LogP contribution < -0.4 is 30.7 Å². The molecule has 0 spiro atoms. The number of benzene rings is 4. The van der Waals surface area contributed by atoms with Crippen molar-refractivity contribution < 1.29 is 9.47 Å². The molecule has 0 fully saturated rings. The zero-order chi connectivity index (χ0) is 24.0. The molecule has 4 heteroatoms. The van der Waals surface area contributed by atoms with Crippen molar-refractivity contribution in [3.05, 3.63) is 109 Å². The van der Waals surface area contributed by atoms with Gasteiger partial charge in [-0.15, -0.1) is 0 Å². The molecule has 4 rings (SSSR count). The Labute approximate surface area is 205 Å². The van der Waals surface area contributed by atoms with E-state index < -0.39 is 14.5 Å². The van der Waals surface area contributed by atoms with E-state index >= 15 is 0 Å². The van der Waals surface area contributed by atoms with Crippen molar-refractivity contribution in [1.29, 1.82) is 0 Å². The molecule has 0 heterocycles. The minimum atomic E-state index is -1.73. The van der Waals surface area contributed by atoms with E-state index in [1.165, 1.54) is 21.2 Å². The topological polar surface area (TPSA) is 18.5 Å². The SMILES string of the molecule is COc1ccccc1[P+](C)(CC[P+](C)(c1ccccc1)c1ccccc1OC)c1ccccc1. The van der Waals surface area contributed by atoms with Crippen molar-refractivity contribution in [1.82, 2.24) is 0 Å². The van der Waals surface area contributed by atoms with Crippen LogP contribution in [0, 0.1) is 0 Å². The first kappa shape index (κ1) is 24.5. The van der Waals surface area contributed by atoms with Crippen molar-refractivity contribution >= 4 is 35.7 Å². The second kappa shape index (κ2) is 10.7. The van der Waals surface area contributed by atoms with E-state index in [1.807, 2.05) is 0 Å². The summed E-state index contributed by atoms with van der Waals surface area (Å²) in [4.78, 5) is 0. The highest BCUT2D eigenvalue weighted by Gasteiger charge is 2.47. The van der Waals surface area contributed by atoms with E-state index in [1.54, 1.807) is 14.2 Å². The highest BCUT2D eigenvalue weighted by Crippen LogP contribution is 2.61. The lowest BCUT2D eigenvalue weighted by Crippen LogP contribution is -2.31. The van der Waals surface area contributed by atoms with Crippen molar-refractivity contribution in [2.45, 2.75) is 0 Å². The summed E-state index contributed by atoms with van der Waals surface area (Å²) in [5.74, 6) is 1.97. The molecule has 0 saturated heterocycles. The summed E-state index contributed by atoms with van der Waals surface area (Å²) >= 11 is 0. The van der Waals surface area contributed by atoms with Gasteiger partial charge in [0.05, 0.1) is 52.7 Å². The van der Waals surface area contributed by atoms with Crippen LogP contribution in [0.1, 0.15) is 0 Å². The van der Waals surface area contributed by atoms with E-state index in [2.05, 4.69) is 123 Å². The molecule has 0 N–H and O–H groups in total. The second-order valence-electron chi connectivity index (χ2n) is 8.84. The maximum absolute atomic E-state index is 5.87. The third-order valence-corrected chi connectivity index (χ3v) is 15.2. The smallest absolute Gasteiger partial charge is 0.161 e. The fourth-order valence-corrected chi connectivity index (χ4v) is 13.3. The van der Waals surface area contributed by atoms with Crippen LogP contribution in [0.15, 0.2) is 109 Å². The Bertz CT molecular complexity index is 1120. The summed E-state index contributed by atoms with van der Waals surface area (Å²) < 4.78 is 11.7. The summed E-state index contributed by atoms with van der Waals surface area (Å²) in [5, 5.41) is 5.50. The summed E-state index contributed by atoms with van der Waals surface area (Å²) in [6.45, 7) is 4.94. The van der Waals surface area contributed by atoms with Gasteiger partial charge in [-0.1, -0.05) is 60.7 Å². The Morgan fingerprint density at radius 1 is 0.471 bits per heavy atom. The van der Waals surface area contributed by atoms with E-state index in [4.69, 9.17) is 9.47 Å². The lowest BCUT2D eigenvalue weighted by Gasteiger charge is -2.29. The Morgan fingerprint density at radius 2 is 0.794 bits per heavy atom. The predicted molar refractivity (Wildman–Crippen MR) is 153 cm³/mol. The number of ether oxygens (including phenoxy) is 2. The molecule has 2 unspecified atom stereocenters. The highest BCUT2D eigenvalue weighted by molar-refractivity contribution is 7.92. The van der Waals surface area contributed by atoms with Gasteiger partial charge in [0.25, 0.3) is 0 Å². The number of hydrogen-bond donors (Lipinski definition) is 0. The normalized spacial score (nSPS) is 14.6. The highest BCUT2D eigenvalue weighted by atomic mass is 31.2. The molecule has 2 atom stereocenters. The molecular weight excluding hydrogens is 454 g/mol. The van der Waals surface area contributed by atoms with E-state index in [0.29, 0.717) is 0 Å². The molecule has 0 radical (unpaired) electrons. The van der Waals surface area contributed by atoms with Crippen LogP contribution in [0.25, 0.3) is 0 Å². The quantitative estimate of drug-likeness (QED) is 0.286. The van der Waals surface area contributed by atoms with Gasteiger partial charge in [-0.2, -0.15) is 0 Å². The largest absolute Gasteiger partial charge is 0.493 e. The Kier molecular flexibility index (Phi) is 7.72. The van der Waals surface area contributed by atoms with Crippen LogP contribution in [0.4, 0.5) is 0 Å². The second-order valence-corrected chi connectivity index (χ2v) is 16.5. The number of rotatable bonds is 9. The lowest BCUT2D eigenvalue weighted by molar-refractivity contribution is 0.418. The average molecular weight is 489 g/mol. The van der Waals surface area contributed by atoms with Crippen LogP contribution in [0.5, 0.6) is 11.5 Å². The van der Waals surface area contributed by atoms with Crippen molar-refractivity contribution in [2.24, 2.45) is 0 Å². The third kappa shape index (κ3) is 4.76. The van der Waals surface area contributed by atoms with Gasteiger partial charge in [0, 0.05) is 0 Å². The summed E-state index contributed by atoms with van der Waals surface area (Å²) in [5.41, 5.74) is 0. The first-order valence-corrected chi connectivity index (χ1v) is 16.5. The molecule has 174 valence electrons. The summed E-state index contributed by atoms with van der Waals surface area (Å²) in [7, 11) is 0.109. The van der Waals surface area contributed by atoms with E-state index in [-0.39, 0.29) is 0 Å². The zero-order valence-corrected chi connectivity index (χ0v) is 22.3. The maximum Gasteiger partial charge on any atom is 0.161 e. The molecule has 0 aromatic heterocycles. The first-order chi connectivity index (χ1) is 16.5. The molecule has 0 amide bonds. The van der Waals surface area contributed by atoms with E-state index in [0.717, 1.165) is 23.8 Å². The molecule has 4 aromatic rings. The van der Waals surface area contributed by atoms with Crippen molar-refractivity contribution in [3.8, 4) is 11.5 Å². The minimum Gasteiger partial charge on any atom is -0.493 e. The standard InChI is InChI=1S/C30H34O2P2/c1-31-27-19-11-13-21-29(27)33(3,25-15-7-5-8-16-25)23-24-34(4,26-17-9-6-10-18-26)30-22-14-12-20-28(30)32-2/h5-22H,23-24H2,1-4H3/q+2. The van der Waals surface area contributed by atoms with Crippen LogP contribution in [0.2, 0.25) is 0 Å². The Hall–Kier alpha value is -2.66. The number of para-hydroxylation sites is 2. The Morgan fingerprint density at radius 3 is 1.15 bits per heavy atom. The number of hydrogen-bond acceptors (Lipinski definition) is 2. The molecule has 34 heavy (non-hydrogen) atoms. The number of methoxy groups -OCH3 is 2. The molecule has 2 nitrogen and oxygen atoms in total. The van der Waals surface area contributed by atoms with Gasteiger partial charge in [0.2, 0.25) is 0 Å². The van der Waals surface area contributed by atoms with Crippen molar-refractivity contribution in [3.63, 3.8) is 0 Å². The molecule has 4 aromatic carbocycles. The fraction of sp³-hybridized carbons (Fsp3) is 0.200. The molecular formula is C30H34O2P2+2. The van der Waals surface area contributed by atoms with Crippen LogP contribution in [0.3, 0.4) is 0 Å². The van der Waals surface area contributed by atoms with Gasteiger partial charge < -0.3 is 9.47 Å². The summed E-state index contributed by atoms with van der Waals surface area (Å²) in [6.07, 6.45) is 2.18. The molecule has 0 aliphatic rings. The van der Waals surface area contributed by atoms with Gasteiger partial charge in [0.15, 0.2) is 11.5 Å². The minimum absolute atomic E-state index is 0.985. The summed E-state index contributed by atoms with van der Waals surface area (Å²) in [6, 6.07) is 39.2. The molecule has 0 aliphatic carbocycles. The van der Waals surface area contributed by atoms with Gasteiger partial charge in [-0.25, -0.2) is 0 Å². The zero-order valence-electron chi connectivity index (χ0n) is 20.5. The van der Waals surface area contributed by atoms with Crippen LogP contribution in [-0.4, -0.2) is 39.9 Å². The maximum atomic E-state index is 5.87. The van der Waals surface area contributed by atoms with E-state index in [9.17, 15) is 0 Å². The van der Waals surface area contributed by atoms with Crippen molar-refractivity contribution in [2.75, 3.05) is 39.9 Å². The monoisotopic (exact) mass is 488 g/mol. The van der Waals surface area contributed by atoms with Gasteiger partial charge in [-0.05, 0) is 48.5 Å². The Balaban J connectivity index is 1.84. The predicted octanol–water partition coefficient (Wildman–Crippen LogP) is 5.60. The molecule has 0 aliphatic heterocycles. The van der Waals surface area contributed by atoms with Gasteiger partial charge in [0.1, 0.15) is 22.9 Å². The van der Waals surface area contributed by atoms with Gasteiger partial charge >= 0.3 is 0 Å². The molecule has 0 bridgehead atoms. The lowest BCUT2D eigenvalue weighted by atomic mass is 10.3. The van der Waals surface area contributed by atoms with Crippen LogP contribution in [-0.2, 0) is 0 Å². The fourth-order valence-electron chi connectivity index (χ4n) is 4.77. The third-order valence-electron chi connectivity index (χ3n) is 6.88. The van der Waals surface area contributed by atoms with Crippen LogP contribution >= 0.6 is 14.5 Å². The van der Waals surface area contributed by atoms with Gasteiger partial charge in [-0.3, -0.25) is 0 Å². The first-order valence-electron chi connectivity index (χ1n) is 11.6.